The van der Waals surface area contributed by atoms with Crippen molar-refractivity contribution in [2.24, 2.45) is 0 Å². The maximum Gasteiger partial charge on any atom is 0.494 e. The van der Waals surface area contributed by atoms with Gasteiger partial charge < -0.3 is 14.6 Å². The van der Waals surface area contributed by atoms with Crippen LogP contribution in [0.5, 0.6) is 0 Å². The van der Waals surface area contributed by atoms with Gasteiger partial charge in [0.2, 0.25) is 5.91 Å². The number of nitrogens with one attached hydrogen (secondary N) is 1. The van der Waals surface area contributed by atoms with Gasteiger partial charge in [0.1, 0.15) is 0 Å². The average Bonchev–Trinajstić information content (AvgIpc) is 2.61. The summed E-state index contributed by atoms with van der Waals surface area (Å²) in [7, 11) is -0.468. The Labute approximate surface area is 131 Å². The van der Waals surface area contributed by atoms with Crippen LogP contribution < -0.4 is 10.8 Å². The topological polar surface area (TPSA) is 47.6 Å². The standard InChI is InChI=1S/C15H21BClNO3/c1-6-13(19)18-12-9-10(7-8-11(12)17)16-20-14(2,3)15(4,5)21-16/h7-9H,6H2,1-5H3,(H,18,19). The predicted molar refractivity (Wildman–Crippen MR) is 86.1 cm³/mol. The number of carbonyl (C=O) groups is 1. The van der Waals surface area contributed by atoms with Crippen molar-refractivity contribution < 1.29 is 14.1 Å². The molecule has 114 valence electrons. The summed E-state index contributed by atoms with van der Waals surface area (Å²) >= 11 is 6.12. The van der Waals surface area contributed by atoms with Gasteiger partial charge in [-0.15, -0.1) is 0 Å². The van der Waals surface area contributed by atoms with Gasteiger partial charge in [-0.3, -0.25) is 4.79 Å². The molecule has 1 fully saturated rings. The van der Waals surface area contributed by atoms with Crippen molar-refractivity contribution in [3.63, 3.8) is 0 Å². The van der Waals surface area contributed by atoms with E-state index in [1.807, 2.05) is 33.8 Å². The Morgan fingerprint density at radius 3 is 2.33 bits per heavy atom. The number of hydrogen-bond acceptors (Lipinski definition) is 3. The van der Waals surface area contributed by atoms with E-state index in [2.05, 4.69) is 5.32 Å². The molecule has 0 radical (unpaired) electrons. The molecule has 21 heavy (non-hydrogen) atoms. The highest BCUT2D eigenvalue weighted by molar-refractivity contribution is 6.62. The third-order valence-electron chi connectivity index (χ3n) is 4.11. The van der Waals surface area contributed by atoms with E-state index in [1.165, 1.54) is 0 Å². The molecule has 1 saturated heterocycles. The maximum atomic E-state index is 11.5. The molecule has 1 aliphatic rings. The molecule has 1 aromatic carbocycles. The van der Waals surface area contributed by atoms with Gasteiger partial charge >= 0.3 is 7.12 Å². The molecule has 6 heteroatoms. The van der Waals surface area contributed by atoms with Crippen LogP contribution in [-0.2, 0) is 14.1 Å². The van der Waals surface area contributed by atoms with Crippen molar-refractivity contribution in [2.45, 2.75) is 52.2 Å². The minimum atomic E-state index is -0.468. The minimum Gasteiger partial charge on any atom is -0.399 e. The molecule has 0 atom stereocenters. The number of rotatable bonds is 3. The third-order valence-corrected chi connectivity index (χ3v) is 4.44. The first kappa shape index (κ1) is 16.3. The summed E-state index contributed by atoms with van der Waals surface area (Å²) in [5.41, 5.74) is 0.619. The molecule has 1 aromatic rings. The molecule has 0 saturated carbocycles. The van der Waals surface area contributed by atoms with Crippen LogP contribution in [0.15, 0.2) is 18.2 Å². The van der Waals surface area contributed by atoms with Gasteiger partial charge in [-0.05, 0) is 45.3 Å². The van der Waals surface area contributed by atoms with Crippen molar-refractivity contribution in [2.75, 3.05) is 5.32 Å². The van der Waals surface area contributed by atoms with E-state index in [4.69, 9.17) is 20.9 Å². The molecule has 4 nitrogen and oxygen atoms in total. The number of amides is 1. The van der Waals surface area contributed by atoms with E-state index in [-0.39, 0.29) is 5.91 Å². The first-order chi connectivity index (χ1) is 9.66. The van der Waals surface area contributed by atoms with Crippen LogP contribution >= 0.6 is 11.6 Å². The van der Waals surface area contributed by atoms with Crippen molar-refractivity contribution in [3.05, 3.63) is 23.2 Å². The quantitative estimate of drug-likeness (QED) is 0.873. The molecule has 0 unspecified atom stereocenters. The fourth-order valence-electron chi connectivity index (χ4n) is 2.00. The summed E-state index contributed by atoms with van der Waals surface area (Å²) in [5.74, 6) is -0.0806. The maximum absolute atomic E-state index is 11.5. The first-order valence-electron chi connectivity index (χ1n) is 7.11. The van der Waals surface area contributed by atoms with Crippen LogP contribution in [0.1, 0.15) is 41.0 Å². The van der Waals surface area contributed by atoms with Gasteiger partial charge in [-0.2, -0.15) is 0 Å². The lowest BCUT2D eigenvalue weighted by Crippen LogP contribution is -2.41. The van der Waals surface area contributed by atoms with Gasteiger partial charge in [-0.1, -0.05) is 24.6 Å². The van der Waals surface area contributed by atoms with E-state index in [0.717, 1.165) is 5.46 Å². The second-order valence-electron chi connectivity index (χ2n) is 6.23. The molecule has 0 bridgehead atoms. The Kier molecular flexibility index (Phi) is 4.38. The summed E-state index contributed by atoms with van der Waals surface area (Å²) in [5, 5.41) is 3.28. The number of hydrogen-bond donors (Lipinski definition) is 1. The highest BCUT2D eigenvalue weighted by Crippen LogP contribution is 2.36. The van der Waals surface area contributed by atoms with Crippen LogP contribution in [-0.4, -0.2) is 24.2 Å². The van der Waals surface area contributed by atoms with Gasteiger partial charge in [0.15, 0.2) is 0 Å². The van der Waals surface area contributed by atoms with E-state index in [1.54, 1.807) is 19.1 Å². The van der Waals surface area contributed by atoms with Crippen molar-refractivity contribution in [3.8, 4) is 0 Å². The lowest BCUT2D eigenvalue weighted by Gasteiger charge is -2.32. The molecule has 1 N–H and O–H groups in total. The normalized spacial score (nSPS) is 19.6. The molecule has 0 aromatic heterocycles. The average molecular weight is 310 g/mol. The van der Waals surface area contributed by atoms with Crippen molar-refractivity contribution >= 4 is 35.8 Å². The third kappa shape index (κ3) is 3.25. The van der Waals surface area contributed by atoms with Gasteiger partial charge in [-0.25, -0.2) is 0 Å². The molecule has 0 spiro atoms. The summed E-state index contributed by atoms with van der Waals surface area (Å²) in [6.07, 6.45) is 0.400. The Morgan fingerprint density at radius 2 is 1.81 bits per heavy atom. The number of anilines is 1. The highest BCUT2D eigenvalue weighted by Gasteiger charge is 2.51. The van der Waals surface area contributed by atoms with Crippen LogP contribution in [0.2, 0.25) is 5.02 Å². The zero-order valence-corrected chi connectivity index (χ0v) is 13.9. The minimum absolute atomic E-state index is 0.0806. The van der Waals surface area contributed by atoms with Crippen molar-refractivity contribution in [1.82, 2.24) is 0 Å². The van der Waals surface area contributed by atoms with Crippen LogP contribution in [0.3, 0.4) is 0 Å². The van der Waals surface area contributed by atoms with Gasteiger partial charge in [0, 0.05) is 6.42 Å². The number of benzene rings is 1. The zero-order chi connectivity index (χ0) is 15.8. The largest absolute Gasteiger partial charge is 0.494 e. The number of halogens is 1. The molecular weight excluding hydrogens is 288 g/mol. The summed E-state index contributed by atoms with van der Waals surface area (Å²) < 4.78 is 12.0. The highest BCUT2D eigenvalue weighted by atomic mass is 35.5. The molecule has 0 aliphatic carbocycles. The van der Waals surface area contributed by atoms with Gasteiger partial charge in [0.25, 0.3) is 0 Å². The first-order valence-corrected chi connectivity index (χ1v) is 7.49. The zero-order valence-electron chi connectivity index (χ0n) is 13.1. The summed E-state index contributed by atoms with van der Waals surface area (Å²) in [6, 6.07) is 5.40. The lowest BCUT2D eigenvalue weighted by molar-refractivity contribution is -0.115. The Balaban J connectivity index is 2.26. The lowest BCUT2D eigenvalue weighted by atomic mass is 9.79. The Hall–Kier alpha value is -1.04. The fraction of sp³-hybridized carbons (Fsp3) is 0.533. The molecule has 1 aliphatic heterocycles. The van der Waals surface area contributed by atoms with Crippen molar-refractivity contribution in [1.29, 1.82) is 0 Å². The summed E-state index contributed by atoms with van der Waals surface area (Å²) in [6.45, 7) is 9.80. The predicted octanol–water partition coefficient (Wildman–Crippen LogP) is 2.99. The van der Waals surface area contributed by atoms with E-state index in [0.29, 0.717) is 17.1 Å². The van der Waals surface area contributed by atoms with E-state index < -0.39 is 18.3 Å². The fourth-order valence-corrected chi connectivity index (χ4v) is 2.17. The number of carbonyl (C=O) groups excluding carboxylic acids is 1. The molecule has 1 heterocycles. The Morgan fingerprint density at radius 1 is 1.24 bits per heavy atom. The van der Waals surface area contributed by atoms with E-state index in [9.17, 15) is 4.79 Å². The van der Waals surface area contributed by atoms with Crippen LogP contribution in [0.25, 0.3) is 0 Å². The van der Waals surface area contributed by atoms with Crippen LogP contribution in [0.4, 0.5) is 5.69 Å². The SMILES string of the molecule is CCC(=O)Nc1cc(B2OC(C)(C)C(C)(C)O2)ccc1Cl. The second-order valence-corrected chi connectivity index (χ2v) is 6.64. The molecule has 2 rings (SSSR count). The van der Waals surface area contributed by atoms with E-state index >= 15 is 0 Å². The second kappa shape index (κ2) is 5.63. The monoisotopic (exact) mass is 309 g/mol. The van der Waals surface area contributed by atoms with Gasteiger partial charge in [0.05, 0.1) is 21.9 Å². The molecular formula is C15H21BClNO3. The summed E-state index contributed by atoms with van der Waals surface area (Å²) in [4.78, 5) is 11.5. The molecule has 1 amide bonds. The van der Waals surface area contributed by atoms with Crippen LogP contribution in [0, 0.1) is 0 Å². The Bertz CT molecular complexity index is 544. The smallest absolute Gasteiger partial charge is 0.399 e.